The number of nitrogens with one attached hydrogen (secondary N) is 1. The van der Waals surface area contributed by atoms with Gasteiger partial charge in [-0.1, -0.05) is 66.7 Å². The second-order valence-electron chi connectivity index (χ2n) is 8.53. The van der Waals surface area contributed by atoms with Crippen molar-refractivity contribution in [2.45, 2.75) is 45.5 Å². The Hall–Kier alpha value is -2.18. The van der Waals surface area contributed by atoms with Gasteiger partial charge in [0.2, 0.25) is 10.0 Å². The molecule has 0 spiro atoms. The van der Waals surface area contributed by atoms with E-state index < -0.39 is 16.1 Å². The maximum atomic E-state index is 13.9. The van der Waals surface area contributed by atoms with Crippen LogP contribution in [0.3, 0.4) is 0 Å². The van der Waals surface area contributed by atoms with Gasteiger partial charge in [0, 0.05) is 0 Å². The van der Waals surface area contributed by atoms with E-state index in [-0.39, 0.29) is 17.8 Å². The molecule has 0 amide bonds. The SMILES string of the molecule is CNC(c1ccccc1)C(c1ccccc1)N(CCl)S(=O)(=O)Cc1c(C)c(C)cc(C)c1C. The van der Waals surface area contributed by atoms with Crippen molar-refractivity contribution in [1.29, 1.82) is 0 Å². The smallest absolute Gasteiger partial charge is 0.220 e. The van der Waals surface area contributed by atoms with E-state index in [2.05, 4.69) is 11.4 Å². The molecule has 176 valence electrons. The summed E-state index contributed by atoms with van der Waals surface area (Å²) < 4.78 is 29.3. The van der Waals surface area contributed by atoms with Crippen molar-refractivity contribution in [3.8, 4) is 0 Å². The number of nitrogens with zero attached hydrogens (tertiary/aromatic N) is 1. The Morgan fingerprint density at radius 2 is 1.33 bits per heavy atom. The number of benzene rings is 3. The van der Waals surface area contributed by atoms with Gasteiger partial charge in [-0.05, 0) is 73.7 Å². The molecule has 4 nitrogen and oxygen atoms in total. The molecule has 3 aromatic rings. The quantitative estimate of drug-likeness (QED) is 0.301. The third kappa shape index (κ3) is 5.49. The van der Waals surface area contributed by atoms with E-state index in [9.17, 15) is 8.42 Å². The fourth-order valence-corrected chi connectivity index (χ4v) is 6.74. The highest BCUT2D eigenvalue weighted by molar-refractivity contribution is 7.88. The summed E-state index contributed by atoms with van der Waals surface area (Å²) in [6.45, 7) is 8.03. The predicted molar refractivity (Wildman–Crippen MR) is 138 cm³/mol. The number of alkyl halides is 1. The number of likely N-dealkylation sites (N-methyl/N-ethyl adjacent to an activating group) is 1. The van der Waals surface area contributed by atoms with Crippen LogP contribution in [0.25, 0.3) is 0 Å². The van der Waals surface area contributed by atoms with Crippen molar-refractivity contribution < 1.29 is 8.42 Å². The third-order valence-electron chi connectivity index (χ3n) is 6.56. The second kappa shape index (κ2) is 10.8. The Bertz CT molecular complexity index is 1160. The van der Waals surface area contributed by atoms with E-state index in [1.807, 2.05) is 95.4 Å². The van der Waals surface area contributed by atoms with Crippen LogP contribution in [0.15, 0.2) is 66.7 Å². The normalized spacial score (nSPS) is 13.8. The molecular weight excluding hydrogens is 452 g/mol. The van der Waals surface area contributed by atoms with Crippen molar-refractivity contribution in [3.63, 3.8) is 0 Å². The van der Waals surface area contributed by atoms with Crippen LogP contribution in [-0.2, 0) is 15.8 Å². The molecule has 3 rings (SSSR count). The van der Waals surface area contributed by atoms with E-state index >= 15 is 0 Å². The van der Waals surface area contributed by atoms with Gasteiger partial charge in [-0.3, -0.25) is 0 Å². The molecule has 0 aromatic heterocycles. The van der Waals surface area contributed by atoms with Crippen LogP contribution in [0.1, 0.15) is 51.0 Å². The average Bonchev–Trinajstić information content (AvgIpc) is 2.81. The van der Waals surface area contributed by atoms with Crippen LogP contribution < -0.4 is 5.32 Å². The van der Waals surface area contributed by atoms with Gasteiger partial charge >= 0.3 is 0 Å². The molecule has 0 aliphatic rings. The zero-order chi connectivity index (χ0) is 24.2. The number of rotatable bonds is 9. The summed E-state index contributed by atoms with van der Waals surface area (Å²) >= 11 is 6.41. The molecule has 0 saturated heterocycles. The highest BCUT2D eigenvalue weighted by Crippen LogP contribution is 2.37. The standard InChI is InChI=1S/C27H33ClN2O2S/c1-19-16-20(2)22(4)25(21(19)3)17-33(31,32)30(18-28)27(24-14-10-7-11-15-24)26(29-5)23-12-8-6-9-13-23/h6-16,26-27,29H,17-18H2,1-5H3. The Morgan fingerprint density at radius 1 is 0.848 bits per heavy atom. The number of hydrogen-bond donors (Lipinski definition) is 1. The predicted octanol–water partition coefficient (Wildman–Crippen LogP) is 5.95. The van der Waals surface area contributed by atoms with Crippen molar-refractivity contribution in [3.05, 3.63) is 106 Å². The first-order chi connectivity index (χ1) is 15.7. The Kier molecular flexibility index (Phi) is 8.35. The van der Waals surface area contributed by atoms with Crippen LogP contribution in [0, 0.1) is 27.7 Å². The minimum atomic E-state index is -3.75. The highest BCUT2D eigenvalue weighted by Gasteiger charge is 2.37. The van der Waals surface area contributed by atoms with Crippen molar-refractivity contribution in [2.24, 2.45) is 0 Å². The van der Waals surface area contributed by atoms with Crippen molar-refractivity contribution >= 4 is 21.6 Å². The Morgan fingerprint density at radius 3 is 1.79 bits per heavy atom. The topological polar surface area (TPSA) is 49.4 Å². The minimum absolute atomic E-state index is 0.0888. The van der Waals surface area contributed by atoms with E-state index in [0.717, 1.165) is 38.9 Å². The molecule has 6 heteroatoms. The van der Waals surface area contributed by atoms with Gasteiger partial charge in [0.15, 0.2) is 0 Å². The zero-order valence-corrected chi connectivity index (χ0v) is 21.5. The lowest BCUT2D eigenvalue weighted by Gasteiger charge is -2.36. The largest absolute Gasteiger partial charge is 0.311 e. The summed E-state index contributed by atoms with van der Waals surface area (Å²) in [6, 6.07) is 20.8. The summed E-state index contributed by atoms with van der Waals surface area (Å²) in [4.78, 5) is 0. The number of halogens is 1. The molecule has 0 bridgehead atoms. The number of aryl methyl sites for hydroxylation is 2. The molecule has 2 atom stereocenters. The first-order valence-corrected chi connectivity index (χ1v) is 13.2. The molecule has 0 fully saturated rings. The van der Waals surface area contributed by atoms with E-state index in [1.165, 1.54) is 4.31 Å². The first kappa shape index (κ1) is 25.4. The van der Waals surface area contributed by atoms with E-state index in [0.29, 0.717) is 0 Å². The molecule has 0 heterocycles. The number of sulfonamides is 1. The highest BCUT2D eigenvalue weighted by atomic mass is 35.5. The van der Waals surface area contributed by atoms with Crippen LogP contribution in [0.5, 0.6) is 0 Å². The summed E-state index contributed by atoms with van der Waals surface area (Å²) in [5.74, 6) is -0.0888. The Labute approximate surface area is 203 Å². The first-order valence-electron chi connectivity index (χ1n) is 11.1. The minimum Gasteiger partial charge on any atom is -0.311 e. The molecule has 33 heavy (non-hydrogen) atoms. The monoisotopic (exact) mass is 484 g/mol. The van der Waals surface area contributed by atoms with Gasteiger partial charge in [-0.2, -0.15) is 4.31 Å². The molecular formula is C27H33ClN2O2S. The molecule has 2 unspecified atom stereocenters. The van der Waals surface area contributed by atoms with Crippen LogP contribution in [-0.4, -0.2) is 25.8 Å². The van der Waals surface area contributed by atoms with E-state index in [1.54, 1.807) is 0 Å². The van der Waals surface area contributed by atoms with Gasteiger partial charge in [0.25, 0.3) is 0 Å². The fraction of sp³-hybridized carbons (Fsp3) is 0.333. The lowest BCUT2D eigenvalue weighted by Crippen LogP contribution is -2.41. The molecule has 1 N–H and O–H groups in total. The van der Waals surface area contributed by atoms with Gasteiger partial charge in [0.1, 0.15) is 0 Å². The summed E-state index contributed by atoms with van der Waals surface area (Å²) in [5, 5.41) is 3.34. The van der Waals surface area contributed by atoms with Crippen molar-refractivity contribution in [1.82, 2.24) is 9.62 Å². The molecule has 3 aromatic carbocycles. The molecule has 0 aliphatic carbocycles. The summed E-state index contributed by atoms with van der Waals surface area (Å²) in [6.07, 6.45) is 0. The van der Waals surface area contributed by atoms with Crippen LogP contribution in [0.4, 0.5) is 0 Å². The zero-order valence-electron chi connectivity index (χ0n) is 20.0. The van der Waals surface area contributed by atoms with Gasteiger partial charge < -0.3 is 5.32 Å². The Balaban J connectivity index is 2.13. The van der Waals surface area contributed by atoms with Gasteiger partial charge in [-0.25, -0.2) is 8.42 Å². The maximum Gasteiger partial charge on any atom is 0.220 e. The number of hydrogen-bond acceptors (Lipinski definition) is 3. The third-order valence-corrected chi connectivity index (χ3v) is 8.68. The van der Waals surface area contributed by atoms with E-state index in [4.69, 9.17) is 11.6 Å². The van der Waals surface area contributed by atoms with Gasteiger partial charge in [-0.15, -0.1) is 11.6 Å². The lowest BCUT2D eigenvalue weighted by molar-refractivity contribution is 0.292. The average molecular weight is 485 g/mol. The lowest BCUT2D eigenvalue weighted by atomic mass is 9.93. The van der Waals surface area contributed by atoms with Crippen LogP contribution in [0.2, 0.25) is 0 Å². The molecule has 0 saturated carbocycles. The summed E-state index contributed by atoms with van der Waals surface area (Å²) in [5.41, 5.74) is 6.96. The molecule has 0 radical (unpaired) electrons. The molecule has 0 aliphatic heterocycles. The van der Waals surface area contributed by atoms with Crippen LogP contribution >= 0.6 is 11.6 Å². The van der Waals surface area contributed by atoms with Crippen molar-refractivity contribution in [2.75, 3.05) is 13.1 Å². The second-order valence-corrected chi connectivity index (χ2v) is 10.7. The fourth-order valence-electron chi connectivity index (χ4n) is 4.44. The summed E-state index contributed by atoms with van der Waals surface area (Å²) in [7, 11) is -1.90. The maximum absolute atomic E-state index is 13.9. The van der Waals surface area contributed by atoms with Gasteiger partial charge in [0.05, 0.1) is 23.8 Å².